The van der Waals surface area contributed by atoms with Gasteiger partial charge in [-0.25, -0.2) is 0 Å². The number of aryl methyl sites for hydroxylation is 2. The maximum Gasteiger partial charge on any atom is 0.0544 e. The molecule has 12 rings (SSSR count). The van der Waals surface area contributed by atoms with Crippen molar-refractivity contribution in [2.75, 3.05) is 0 Å². The van der Waals surface area contributed by atoms with Crippen LogP contribution in [0.4, 0.5) is 0 Å². The minimum Gasteiger partial charge on any atom is -0.309 e. The highest BCUT2D eigenvalue weighted by Gasteiger charge is 2.39. The lowest BCUT2D eigenvalue weighted by Gasteiger charge is -2.24. The molecule has 2 aliphatic carbocycles. The number of para-hydroxylation sites is 1. The molecule has 1 saturated carbocycles. The Bertz CT molecular complexity index is 3220. The van der Waals surface area contributed by atoms with E-state index in [1.807, 2.05) is 0 Å². The van der Waals surface area contributed by atoms with E-state index in [2.05, 4.69) is 196 Å². The van der Waals surface area contributed by atoms with Gasteiger partial charge in [0.05, 0.1) is 11.0 Å². The van der Waals surface area contributed by atoms with Gasteiger partial charge in [-0.1, -0.05) is 167 Å². The highest BCUT2D eigenvalue weighted by atomic mass is 15.0. The molecule has 1 heterocycles. The molecule has 0 aliphatic heterocycles. The van der Waals surface area contributed by atoms with Crippen LogP contribution in [0.1, 0.15) is 61.8 Å². The Morgan fingerprint density at radius 3 is 1.62 bits per heavy atom. The number of hydrogen-bond donors (Lipinski definition) is 0. The van der Waals surface area contributed by atoms with Gasteiger partial charge in [0, 0.05) is 21.9 Å². The van der Waals surface area contributed by atoms with Crippen molar-refractivity contribution in [1.29, 1.82) is 0 Å². The summed E-state index contributed by atoms with van der Waals surface area (Å²) in [6.45, 7) is 9.33. The molecule has 1 heteroatoms. The standard InChI is InChI=1S/C53H39N.C4H8/c1-32-13-5-6-14-37(32)45-31-48-47(29-33(45)2)43-27-28-50-51(52(43)53(48,3)4)44-19-11-12-20-49(44)54(50)36-24-21-34(22-25-36)35-23-26-42-40-17-8-7-15-38(40)39-16-9-10-18-41(39)46(42)30-35;1-2-4-3-1/h5-31H,1-4H3;1-4H2. The topological polar surface area (TPSA) is 4.93 Å². The second-order valence-corrected chi connectivity index (χ2v) is 17.2. The SMILES string of the molecule is C1CCC1.Cc1ccccc1-c1cc2c(cc1C)-c1ccc3c(c1C2(C)C)c1ccccc1n3-c1ccc(-c2ccc3c4ccccc4c4ccccc4c3c2)cc1. The zero-order valence-corrected chi connectivity index (χ0v) is 33.9. The quantitative estimate of drug-likeness (QED) is 0.159. The third kappa shape index (κ3) is 5.22. The first kappa shape index (κ1) is 34.8. The molecule has 0 saturated heterocycles. The summed E-state index contributed by atoms with van der Waals surface area (Å²) < 4.78 is 2.47. The van der Waals surface area contributed by atoms with Crippen LogP contribution in [0.25, 0.3) is 93.2 Å². The maximum absolute atomic E-state index is 2.48. The number of fused-ring (bicyclic) bond motifs is 13. The molecule has 0 amide bonds. The summed E-state index contributed by atoms with van der Waals surface area (Å²) in [7, 11) is 0. The summed E-state index contributed by atoms with van der Waals surface area (Å²) in [5.74, 6) is 0. The van der Waals surface area contributed by atoms with Crippen LogP contribution in [0.15, 0.2) is 164 Å². The molecule has 10 aromatic rings. The summed E-state index contributed by atoms with van der Waals surface area (Å²) in [5, 5.41) is 10.5. The van der Waals surface area contributed by atoms with Crippen LogP contribution in [-0.2, 0) is 5.41 Å². The van der Waals surface area contributed by atoms with E-state index in [1.54, 1.807) is 0 Å². The number of hydrogen-bond acceptors (Lipinski definition) is 0. The fraction of sp³-hybridized carbons (Fsp3) is 0.158. The minimum absolute atomic E-state index is 0.167. The molecular formula is C57H47N. The predicted octanol–water partition coefficient (Wildman–Crippen LogP) is 16.1. The Morgan fingerprint density at radius 1 is 0.397 bits per heavy atom. The van der Waals surface area contributed by atoms with E-state index < -0.39 is 0 Å². The van der Waals surface area contributed by atoms with Crippen molar-refractivity contribution in [2.45, 2.75) is 58.8 Å². The monoisotopic (exact) mass is 745 g/mol. The van der Waals surface area contributed by atoms with Crippen LogP contribution in [-0.4, -0.2) is 4.57 Å². The molecular weight excluding hydrogens is 699 g/mol. The molecule has 58 heavy (non-hydrogen) atoms. The van der Waals surface area contributed by atoms with Crippen LogP contribution in [0.3, 0.4) is 0 Å². The van der Waals surface area contributed by atoms with Crippen molar-refractivity contribution >= 4 is 54.1 Å². The van der Waals surface area contributed by atoms with Crippen LogP contribution in [0.5, 0.6) is 0 Å². The highest BCUT2D eigenvalue weighted by Crippen LogP contribution is 2.54. The normalized spacial score (nSPS) is 14.1. The zero-order chi connectivity index (χ0) is 39.1. The van der Waals surface area contributed by atoms with Crippen molar-refractivity contribution in [3.05, 3.63) is 186 Å². The maximum atomic E-state index is 2.48. The molecule has 0 spiro atoms. The summed E-state index contributed by atoms with van der Waals surface area (Å²) in [5.41, 5.74) is 16.8. The lowest BCUT2D eigenvalue weighted by atomic mass is 9.79. The predicted molar refractivity (Wildman–Crippen MR) is 250 cm³/mol. The molecule has 280 valence electrons. The van der Waals surface area contributed by atoms with Crippen molar-refractivity contribution < 1.29 is 0 Å². The van der Waals surface area contributed by atoms with Gasteiger partial charge in [-0.15, -0.1) is 0 Å². The van der Waals surface area contributed by atoms with Crippen molar-refractivity contribution in [2.24, 2.45) is 0 Å². The first-order chi connectivity index (χ1) is 28.4. The number of rotatable bonds is 3. The summed E-state index contributed by atoms with van der Waals surface area (Å²) in [6, 6.07) is 61.2. The summed E-state index contributed by atoms with van der Waals surface area (Å²) >= 11 is 0. The minimum atomic E-state index is -0.167. The van der Waals surface area contributed by atoms with E-state index in [4.69, 9.17) is 0 Å². The average Bonchev–Trinajstić information content (AvgIpc) is 3.68. The molecule has 1 nitrogen and oxygen atoms in total. The molecule has 0 N–H and O–H groups in total. The second kappa shape index (κ2) is 13.3. The zero-order valence-electron chi connectivity index (χ0n) is 33.9. The van der Waals surface area contributed by atoms with E-state index >= 15 is 0 Å². The molecule has 1 fully saturated rings. The number of nitrogens with zero attached hydrogens (tertiary/aromatic N) is 1. The first-order valence-corrected chi connectivity index (χ1v) is 21.1. The molecule has 1 aromatic heterocycles. The summed E-state index contributed by atoms with van der Waals surface area (Å²) in [6.07, 6.45) is 6.00. The van der Waals surface area contributed by atoms with Gasteiger partial charge in [0.25, 0.3) is 0 Å². The summed E-state index contributed by atoms with van der Waals surface area (Å²) in [4.78, 5) is 0. The Hall–Kier alpha value is -6.44. The van der Waals surface area contributed by atoms with Gasteiger partial charge in [0.15, 0.2) is 0 Å². The fourth-order valence-electron chi connectivity index (χ4n) is 10.1. The first-order valence-electron chi connectivity index (χ1n) is 21.1. The van der Waals surface area contributed by atoms with Gasteiger partial charge in [-0.2, -0.15) is 0 Å². The lowest BCUT2D eigenvalue weighted by Crippen LogP contribution is -2.15. The Labute approximate surface area is 341 Å². The van der Waals surface area contributed by atoms with Gasteiger partial charge in [0.1, 0.15) is 0 Å². The highest BCUT2D eigenvalue weighted by molar-refractivity contribution is 6.25. The number of benzene rings is 9. The average molecular weight is 746 g/mol. The van der Waals surface area contributed by atoms with Gasteiger partial charge < -0.3 is 4.57 Å². The third-order valence-corrected chi connectivity index (χ3v) is 13.4. The Morgan fingerprint density at radius 2 is 0.966 bits per heavy atom. The molecule has 0 bridgehead atoms. The van der Waals surface area contributed by atoms with E-state index in [0.29, 0.717) is 0 Å². The van der Waals surface area contributed by atoms with Gasteiger partial charge in [-0.3, -0.25) is 0 Å². The van der Waals surface area contributed by atoms with Crippen LogP contribution in [0, 0.1) is 13.8 Å². The molecule has 9 aromatic carbocycles. The fourth-order valence-corrected chi connectivity index (χ4v) is 10.1. The lowest BCUT2D eigenvalue weighted by molar-refractivity contribution is 0.504. The van der Waals surface area contributed by atoms with E-state index in [9.17, 15) is 0 Å². The van der Waals surface area contributed by atoms with Crippen molar-refractivity contribution in [3.8, 4) is 39.1 Å². The van der Waals surface area contributed by atoms with Crippen molar-refractivity contribution in [1.82, 2.24) is 4.57 Å². The second-order valence-electron chi connectivity index (χ2n) is 17.2. The van der Waals surface area contributed by atoms with Crippen LogP contribution < -0.4 is 0 Å². The largest absolute Gasteiger partial charge is 0.309 e. The Kier molecular flexibility index (Phi) is 7.99. The van der Waals surface area contributed by atoms with E-state index in [0.717, 1.165) is 0 Å². The number of aromatic nitrogens is 1. The van der Waals surface area contributed by atoms with Crippen molar-refractivity contribution in [3.63, 3.8) is 0 Å². The smallest absolute Gasteiger partial charge is 0.0544 e. The van der Waals surface area contributed by atoms with Gasteiger partial charge >= 0.3 is 0 Å². The molecule has 2 aliphatic rings. The molecule has 0 unspecified atom stereocenters. The van der Waals surface area contributed by atoms with Crippen LogP contribution >= 0.6 is 0 Å². The van der Waals surface area contributed by atoms with E-state index in [1.165, 1.54) is 141 Å². The Balaban J connectivity index is 0.000000911. The molecule has 0 atom stereocenters. The van der Waals surface area contributed by atoms with Crippen LogP contribution in [0.2, 0.25) is 0 Å². The van der Waals surface area contributed by atoms with Gasteiger partial charge in [-0.05, 0) is 138 Å². The molecule has 0 radical (unpaired) electrons. The third-order valence-electron chi connectivity index (χ3n) is 13.4. The van der Waals surface area contributed by atoms with Gasteiger partial charge in [0.2, 0.25) is 0 Å². The van der Waals surface area contributed by atoms with E-state index in [-0.39, 0.29) is 5.41 Å².